The van der Waals surface area contributed by atoms with Gasteiger partial charge in [-0.1, -0.05) is 37.3 Å². The molecule has 0 amide bonds. The number of rotatable bonds is 4. The summed E-state index contributed by atoms with van der Waals surface area (Å²) in [5.74, 6) is 1.80. The van der Waals surface area contributed by atoms with Gasteiger partial charge in [0.1, 0.15) is 0 Å². The Morgan fingerprint density at radius 2 is 2.00 bits per heavy atom. The molecule has 1 saturated carbocycles. The molecule has 6 nitrogen and oxygen atoms in total. The first-order valence-corrected chi connectivity index (χ1v) is 7.89. The highest BCUT2D eigenvalue weighted by atomic mass is 16.5. The Kier molecular flexibility index (Phi) is 4.65. The van der Waals surface area contributed by atoms with Gasteiger partial charge in [-0.3, -0.25) is 0 Å². The summed E-state index contributed by atoms with van der Waals surface area (Å²) in [6, 6.07) is -0.278. The minimum atomic E-state index is -0.278. The van der Waals surface area contributed by atoms with Crippen LogP contribution in [0.4, 0.5) is 0 Å². The number of aromatic amines is 1. The molecular weight excluding hydrogens is 266 g/mol. The van der Waals surface area contributed by atoms with E-state index < -0.39 is 0 Å². The van der Waals surface area contributed by atoms with Gasteiger partial charge in [-0.25, -0.2) is 4.98 Å². The predicted molar refractivity (Wildman–Crippen MR) is 78.6 cm³/mol. The van der Waals surface area contributed by atoms with E-state index in [1.165, 1.54) is 32.1 Å². The number of imidazole rings is 1. The molecule has 114 valence electrons. The molecule has 0 spiro atoms. The van der Waals surface area contributed by atoms with E-state index in [0.717, 1.165) is 24.4 Å². The molecule has 1 fully saturated rings. The van der Waals surface area contributed by atoms with Gasteiger partial charge in [0.05, 0.1) is 12.4 Å². The third kappa shape index (κ3) is 3.69. The Morgan fingerprint density at radius 1 is 1.24 bits per heavy atom. The van der Waals surface area contributed by atoms with Crippen molar-refractivity contribution in [2.75, 3.05) is 0 Å². The molecule has 0 aliphatic heterocycles. The lowest BCUT2D eigenvalue weighted by atomic mass is 9.91. The van der Waals surface area contributed by atoms with E-state index in [9.17, 15) is 0 Å². The van der Waals surface area contributed by atoms with E-state index in [0.29, 0.717) is 18.2 Å². The summed E-state index contributed by atoms with van der Waals surface area (Å²) >= 11 is 0. The normalized spacial score (nSPS) is 19.1. The molecule has 0 bridgehead atoms. The van der Waals surface area contributed by atoms with Crippen LogP contribution >= 0.6 is 0 Å². The predicted octanol–water partition coefficient (Wildman–Crippen LogP) is 2.86. The lowest BCUT2D eigenvalue weighted by Crippen LogP contribution is -2.14. The van der Waals surface area contributed by atoms with E-state index in [1.54, 1.807) is 12.5 Å². The maximum Gasteiger partial charge on any atom is 0.243 e. The van der Waals surface area contributed by atoms with Crippen LogP contribution in [0, 0.1) is 0 Å². The Hall–Kier alpha value is -1.69. The second kappa shape index (κ2) is 6.85. The average molecular weight is 289 g/mol. The number of H-pyrrole nitrogens is 1. The van der Waals surface area contributed by atoms with Crippen LogP contribution in [0.5, 0.6) is 0 Å². The summed E-state index contributed by atoms with van der Waals surface area (Å²) in [6.07, 6.45) is 12.9. The maximum atomic E-state index is 6.14. The highest BCUT2D eigenvalue weighted by Crippen LogP contribution is 2.29. The molecule has 2 heterocycles. The molecule has 6 heteroatoms. The molecule has 1 aliphatic rings. The van der Waals surface area contributed by atoms with Crippen molar-refractivity contribution < 1.29 is 4.52 Å². The maximum absolute atomic E-state index is 6.14. The van der Waals surface area contributed by atoms with Crippen LogP contribution in [-0.4, -0.2) is 20.1 Å². The van der Waals surface area contributed by atoms with Gasteiger partial charge in [0.15, 0.2) is 5.82 Å². The zero-order chi connectivity index (χ0) is 14.5. The summed E-state index contributed by atoms with van der Waals surface area (Å²) < 4.78 is 5.38. The van der Waals surface area contributed by atoms with Gasteiger partial charge in [-0.2, -0.15) is 4.98 Å². The van der Waals surface area contributed by atoms with Gasteiger partial charge < -0.3 is 15.2 Å². The Morgan fingerprint density at radius 3 is 2.71 bits per heavy atom. The quantitative estimate of drug-likeness (QED) is 0.902. The third-order valence-electron chi connectivity index (χ3n) is 4.24. The van der Waals surface area contributed by atoms with Gasteiger partial charge in [0.25, 0.3) is 0 Å². The number of nitrogens with zero attached hydrogens (tertiary/aromatic N) is 3. The number of aromatic nitrogens is 4. The zero-order valence-corrected chi connectivity index (χ0v) is 12.3. The highest BCUT2D eigenvalue weighted by molar-refractivity contribution is 5.04. The summed E-state index contributed by atoms with van der Waals surface area (Å²) in [5.41, 5.74) is 7.12. The highest BCUT2D eigenvalue weighted by Gasteiger charge is 2.22. The third-order valence-corrected chi connectivity index (χ3v) is 4.24. The minimum Gasteiger partial charge on any atom is -0.348 e. The minimum absolute atomic E-state index is 0.278. The smallest absolute Gasteiger partial charge is 0.243 e. The van der Waals surface area contributed by atoms with Crippen molar-refractivity contribution in [3.05, 3.63) is 29.9 Å². The van der Waals surface area contributed by atoms with E-state index >= 15 is 0 Å². The molecule has 2 aromatic heterocycles. The standard InChI is InChI=1S/C15H23N5O/c16-13(8-12-9-17-10-18-12)15-19-14(20-21-15)11-6-4-2-1-3-5-7-11/h9-11,13H,1-8,16H2,(H,17,18). The monoisotopic (exact) mass is 289 g/mol. The molecule has 0 aromatic carbocycles. The fourth-order valence-corrected chi connectivity index (χ4v) is 3.00. The first-order chi connectivity index (χ1) is 10.3. The molecule has 21 heavy (non-hydrogen) atoms. The van der Waals surface area contributed by atoms with Crippen molar-refractivity contribution in [2.45, 2.75) is 63.3 Å². The van der Waals surface area contributed by atoms with Crippen molar-refractivity contribution in [2.24, 2.45) is 5.73 Å². The van der Waals surface area contributed by atoms with Crippen LogP contribution in [0.2, 0.25) is 0 Å². The molecule has 1 unspecified atom stereocenters. The number of hydrogen-bond donors (Lipinski definition) is 2. The Bertz CT molecular complexity index is 528. The molecule has 1 atom stereocenters. The van der Waals surface area contributed by atoms with Crippen molar-refractivity contribution in [1.29, 1.82) is 0 Å². The topological polar surface area (TPSA) is 93.6 Å². The van der Waals surface area contributed by atoms with Crippen molar-refractivity contribution >= 4 is 0 Å². The summed E-state index contributed by atoms with van der Waals surface area (Å²) in [6.45, 7) is 0. The lowest BCUT2D eigenvalue weighted by molar-refractivity contribution is 0.342. The molecule has 0 saturated heterocycles. The van der Waals surface area contributed by atoms with Crippen LogP contribution in [0.25, 0.3) is 0 Å². The molecule has 3 rings (SSSR count). The largest absolute Gasteiger partial charge is 0.348 e. The lowest BCUT2D eigenvalue weighted by Gasteiger charge is -2.15. The molecule has 0 radical (unpaired) electrons. The summed E-state index contributed by atoms with van der Waals surface area (Å²) in [4.78, 5) is 11.6. The summed E-state index contributed by atoms with van der Waals surface area (Å²) in [7, 11) is 0. The first kappa shape index (κ1) is 14.3. The Labute approximate surface area is 124 Å². The second-order valence-corrected chi connectivity index (χ2v) is 5.92. The molecule has 2 aromatic rings. The first-order valence-electron chi connectivity index (χ1n) is 7.89. The van der Waals surface area contributed by atoms with Crippen molar-refractivity contribution in [3.8, 4) is 0 Å². The van der Waals surface area contributed by atoms with Crippen LogP contribution in [0.15, 0.2) is 17.0 Å². The van der Waals surface area contributed by atoms with E-state index in [2.05, 4.69) is 20.1 Å². The number of nitrogens with two attached hydrogens (primary N) is 1. The Balaban J connectivity index is 1.64. The number of hydrogen-bond acceptors (Lipinski definition) is 5. The van der Waals surface area contributed by atoms with E-state index in [1.807, 2.05) is 0 Å². The van der Waals surface area contributed by atoms with Gasteiger partial charge in [-0.05, 0) is 12.8 Å². The van der Waals surface area contributed by atoms with Crippen LogP contribution in [0.1, 0.15) is 74.3 Å². The fraction of sp³-hybridized carbons (Fsp3) is 0.667. The van der Waals surface area contributed by atoms with Gasteiger partial charge in [0, 0.05) is 24.2 Å². The molecule has 1 aliphatic carbocycles. The van der Waals surface area contributed by atoms with Crippen LogP contribution in [0.3, 0.4) is 0 Å². The fourth-order valence-electron chi connectivity index (χ4n) is 3.00. The van der Waals surface area contributed by atoms with Crippen molar-refractivity contribution in [3.63, 3.8) is 0 Å². The molecular formula is C15H23N5O. The van der Waals surface area contributed by atoms with E-state index in [4.69, 9.17) is 10.3 Å². The van der Waals surface area contributed by atoms with Gasteiger partial charge >= 0.3 is 0 Å². The van der Waals surface area contributed by atoms with Crippen LogP contribution in [-0.2, 0) is 6.42 Å². The zero-order valence-electron chi connectivity index (χ0n) is 12.3. The SMILES string of the molecule is NC(Cc1cnc[nH]1)c1nc(C2CCCCCCC2)no1. The number of nitrogens with one attached hydrogen (secondary N) is 1. The van der Waals surface area contributed by atoms with E-state index in [-0.39, 0.29) is 6.04 Å². The van der Waals surface area contributed by atoms with Gasteiger partial charge in [-0.15, -0.1) is 0 Å². The second-order valence-electron chi connectivity index (χ2n) is 5.92. The summed E-state index contributed by atoms with van der Waals surface area (Å²) in [5, 5.41) is 4.17. The van der Waals surface area contributed by atoms with Crippen molar-refractivity contribution in [1.82, 2.24) is 20.1 Å². The molecule has 3 N–H and O–H groups in total. The van der Waals surface area contributed by atoms with Gasteiger partial charge in [0.2, 0.25) is 5.89 Å². The average Bonchev–Trinajstić information content (AvgIpc) is 3.09. The van der Waals surface area contributed by atoms with Crippen LogP contribution < -0.4 is 5.73 Å².